The van der Waals surface area contributed by atoms with E-state index in [4.69, 9.17) is 0 Å². The van der Waals surface area contributed by atoms with Crippen LogP contribution >= 0.6 is 0 Å². The van der Waals surface area contributed by atoms with E-state index < -0.39 is 0 Å². The molecule has 0 aromatic heterocycles. The van der Waals surface area contributed by atoms with Crippen LogP contribution in [-0.2, 0) is 9.59 Å². The third-order valence-corrected chi connectivity index (χ3v) is 1.34. The molecular weight excluding hydrogens is 315 g/mol. The Morgan fingerprint density at radius 1 is 1.62 bits per heavy atom. The fourth-order valence-corrected chi connectivity index (χ4v) is 0.758. The van der Waals surface area contributed by atoms with E-state index in [2.05, 4.69) is 10.6 Å². The molecule has 0 fully saturated rings. The van der Waals surface area contributed by atoms with Crippen LogP contribution in [0.4, 0.5) is 0 Å². The average molecular weight is 323 g/mol. The minimum Gasteiger partial charge on any atom is -0.716 e. The molecule has 1 amide bonds. The smallest absolute Gasteiger partial charge is 0.716 e. The van der Waals surface area contributed by atoms with Crippen molar-refractivity contribution in [3.8, 4) is 0 Å². The van der Waals surface area contributed by atoms with Crippen molar-refractivity contribution in [1.29, 1.82) is 0 Å². The summed E-state index contributed by atoms with van der Waals surface area (Å²) in [6.45, 7) is 0.374. The van der Waals surface area contributed by atoms with E-state index in [-0.39, 0.29) is 134 Å². The van der Waals surface area contributed by atoms with Crippen LogP contribution in [0, 0.1) is 6.42 Å². The Balaban J connectivity index is 0. The van der Waals surface area contributed by atoms with Crippen molar-refractivity contribution in [1.82, 2.24) is 5.32 Å². The van der Waals surface area contributed by atoms with Crippen LogP contribution < -0.4 is 122 Å². The first-order valence-electron chi connectivity index (χ1n) is 3.22. The third kappa shape index (κ3) is 5.70. The van der Waals surface area contributed by atoms with Crippen LogP contribution in [-0.4, -0.2) is 25.3 Å². The topological polar surface area (TPSA) is 60.3 Å². The summed E-state index contributed by atoms with van der Waals surface area (Å²) in [5.74, 6) is -0.631. The summed E-state index contributed by atoms with van der Waals surface area (Å²) in [6.07, 6.45) is 2.69. The van der Waals surface area contributed by atoms with Crippen molar-refractivity contribution in [2.75, 3.05) is 13.6 Å². The second-order valence-corrected chi connectivity index (χ2v) is 2.06. The van der Waals surface area contributed by atoms with Gasteiger partial charge in [0, 0.05) is 12.8 Å². The zero-order chi connectivity index (χ0) is 8.27. The molecule has 4 nitrogen and oxygen atoms in total. The van der Waals surface area contributed by atoms with Gasteiger partial charge in [-0.15, -0.1) is 0 Å². The Bertz CT molecular complexity index is 229. The number of nitrogens with one attached hydrogen (secondary N) is 1. The molecule has 0 aliphatic carbocycles. The normalized spacial score (nSPS) is 13.6. The average Bonchev–Trinajstić information content (AvgIpc) is 2.04. The number of hydrogen-bond donors (Lipinski definition) is 1. The van der Waals surface area contributed by atoms with E-state index in [1.807, 2.05) is 0 Å². The Labute approximate surface area is 175 Å². The molecule has 0 aromatic rings. The number of Topliss-reactive ketones (excluding diaryl/α,β-unsaturated/α-hetero) is 1. The molecule has 0 atom stereocenters. The van der Waals surface area contributed by atoms with Gasteiger partial charge in [0.05, 0.1) is 0 Å². The van der Waals surface area contributed by atoms with Gasteiger partial charge in [0.2, 0.25) is 0 Å². The molecule has 1 heterocycles. The van der Waals surface area contributed by atoms with Crippen LogP contribution in [0.5, 0.6) is 0 Å². The molecule has 13 heavy (non-hydrogen) atoms. The van der Waals surface area contributed by atoms with E-state index in [1.165, 1.54) is 19.7 Å². The molecule has 1 aliphatic heterocycles. The molecule has 0 spiro atoms. The SMILES string of the molecule is CNC(=O)C1=C[N-]C[CH-]C1=O.[Rb+].[Rb+]. The Morgan fingerprint density at radius 2 is 2.23 bits per heavy atom. The third-order valence-electron chi connectivity index (χ3n) is 1.34. The van der Waals surface area contributed by atoms with Crippen LogP contribution in [0.25, 0.3) is 5.32 Å². The second-order valence-electron chi connectivity index (χ2n) is 2.06. The van der Waals surface area contributed by atoms with Crippen LogP contribution in [0.2, 0.25) is 0 Å². The summed E-state index contributed by atoms with van der Waals surface area (Å²) in [7, 11) is 1.48. The largest absolute Gasteiger partial charge is 1.00 e. The van der Waals surface area contributed by atoms with Gasteiger partial charge in [0.25, 0.3) is 0 Å². The molecule has 0 saturated carbocycles. The van der Waals surface area contributed by atoms with Gasteiger partial charge in [-0.3, -0.25) is 11.0 Å². The van der Waals surface area contributed by atoms with Gasteiger partial charge in [-0.2, -0.15) is 6.54 Å². The first kappa shape index (κ1) is 17.6. The minimum absolute atomic E-state index is 0. The number of ketones is 1. The summed E-state index contributed by atoms with van der Waals surface area (Å²) in [4.78, 5) is 21.8. The number of carbonyl (C=O) groups excluding carboxylic acids is 2. The van der Waals surface area contributed by atoms with E-state index in [0.717, 1.165) is 0 Å². The van der Waals surface area contributed by atoms with Gasteiger partial charge in [-0.25, -0.2) is 6.42 Å². The van der Waals surface area contributed by atoms with Crippen molar-refractivity contribution in [3.05, 3.63) is 23.5 Å². The van der Waals surface area contributed by atoms with Gasteiger partial charge < -0.3 is 15.4 Å². The van der Waals surface area contributed by atoms with E-state index in [1.54, 1.807) is 0 Å². The number of nitrogens with zero attached hydrogens (tertiary/aromatic N) is 1. The maximum absolute atomic E-state index is 10.9. The molecule has 1 rings (SSSR count). The molecule has 0 unspecified atom stereocenters. The molecular formula is C7H8N2O2Rb2. The van der Waals surface area contributed by atoms with E-state index in [9.17, 15) is 9.59 Å². The number of amides is 1. The molecule has 0 aromatic carbocycles. The van der Waals surface area contributed by atoms with Crippen molar-refractivity contribution >= 4 is 11.7 Å². The standard InChI is InChI=1S/C7H9N2O2.2Rb/c1-8-7(11)5-4-9-3-2-6(5)10;;/h2,4H,3H2,1H3,(H2,8,9,10,11);;/q-1;2*+1/p-1. The molecule has 60 valence electrons. The number of hydrogen-bond acceptors (Lipinski definition) is 2. The molecule has 1 aliphatic rings. The molecule has 0 radical (unpaired) electrons. The predicted molar refractivity (Wildman–Crippen MR) is 39.7 cm³/mol. The minimum atomic E-state index is -0.380. The monoisotopic (exact) mass is 322 g/mol. The van der Waals surface area contributed by atoms with Crippen molar-refractivity contribution in [2.24, 2.45) is 0 Å². The number of likely N-dealkylation sites (N-methyl/N-ethyl adjacent to an activating group) is 1. The van der Waals surface area contributed by atoms with Crippen LogP contribution in [0.3, 0.4) is 0 Å². The number of carbonyl (C=O) groups is 2. The van der Waals surface area contributed by atoms with Gasteiger partial charge in [0.15, 0.2) is 5.91 Å². The van der Waals surface area contributed by atoms with Gasteiger partial charge >= 0.3 is 116 Å². The molecule has 0 saturated heterocycles. The first-order chi connectivity index (χ1) is 5.25. The molecule has 0 bridgehead atoms. The first-order valence-corrected chi connectivity index (χ1v) is 3.22. The van der Waals surface area contributed by atoms with E-state index >= 15 is 0 Å². The quantitative estimate of drug-likeness (QED) is 0.386. The van der Waals surface area contributed by atoms with Gasteiger partial charge in [-0.05, 0) is 0 Å². The van der Waals surface area contributed by atoms with Crippen molar-refractivity contribution in [2.45, 2.75) is 0 Å². The Morgan fingerprint density at radius 3 is 2.69 bits per heavy atom. The summed E-state index contributed by atoms with van der Waals surface area (Å²) < 4.78 is 0. The number of rotatable bonds is 1. The summed E-state index contributed by atoms with van der Waals surface area (Å²) in [6, 6.07) is 0. The van der Waals surface area contributed by atoms with Gasteiger partial charge in [-0.1, -0.05) is 5.57 Å². The zero-order valence-electron chi connectivity index (χ0n) is 8.13. The fourth-order valence-electron chi connectivity index (χ4n) is 0.758. The summed E-state index contributed by atoms with van der Waals surface area (Å²) in [5, 5.41) is 6.14. The van der Waals surface area contributed by atoms with Crippen molar-refractivity contribution < 1.29 is 126 Å². The molecule has 6 heteroatoms. The predicted octanol–water partition coefficient (Wildman–Crippen LogP) is -6.22. The van der Waals surface area contributed by atoms with Crippen molar-refractivity contribution in [3.63, 3.8) is 0 Å². The Hall–Kier alpha value is 2.16. The van der Waals surface area contributed by atoms with Crippen LogP contribution in [0.15, 0.2) is 11.8 Å². The fraction of sp³-hybridized carbons (Fsp3) is 0.286. The van der Waals surface area contributed by atoms with Crippen LogP contribution in [0.1, 0.15) is 0 Å². The maximum Gasteiger partial charge on any atom is 1.00 e. The summed E-state index contributed by atoms with van der Waals surface area (Å²) >= 11 is 0. The van der Waals surface area contributed by atoms with E-state index in [0.29, 0.717) is 6.54 Å². The summed E-state index contributed by atoms with van der Waals surface area (Å²) in [5.41, 5.74) is 0.110. The molecule has 1 N–H and O–H groups in total. The maximum atomic E-state index is 10.9. The van der Waals surface area contributed by atoms with Gasteiger partial charge in [0.1, 0.15) is 0 Å². The Kier molecular flexibility index (Phi) is 12.7. The zero-order valence-corrected chi connectivity index (χ0v) is 18.0. The second kappa shape index (κ2) is 9.39.